The topological polar surface area (TPSA) is 59.3 Å². The zero-order chi connectivity index (χ0) is 18.4. The van der Waals surface area contributed by atoms with Crippen molar-refractivity contribution in [3.63, 3.8) is 0 Å². The zero-order valence-electron chi connectivity index (χ0n) is 15.6. The van der Waals surface area contributed by atoms with Gasteiger partial charge in [0.05, 0.1) is 11.9 Å². The Morgan fingerprint density at radius 1 is 1.28 bits per heavy atom. The molecule has 5 heteroatoms. The van der Waals surface area contributed by atoms with Gasteiger partial charge >= 0.3 is 0 Å². The van der Waals surface area contributed by atoms with E-state index in [-0.39, 0.29) is 12.5 Å². The third kappa shape index (κ3) is 5.71. The van der Waals surface area contributed by atoms with Crippen LogP contribution in [0, 0.1) is 13.8 Å². The Balaban J connectivity index is 1.89. The second kappa shape index (κ2) is 8.42. The minimum absolute atomic E-state index is 0.163. The van der Waals surface area contributed by atoms with E-state index in [2.05, 4.69) is 53.7 Å². The monoisotopic (exact) mass is 338 g/mol. The molecule has 0 fully saturated rings. The normalized spacial score (nSPS) is 12.2. The maximum Gasteiger partial charge on any atom is 0.261 e. The lowest BCUT2D eigenvalue weighted by molar-refractivity contribution is -0.121. The molecule has 0 atom stereocenters. The molecule has 0 unspecified atom stereocenters. The molecule has 1 heterocycles. The molecular formula is C20H26N4O. The number of allylic oxidation sites excluding steroid dienone is 1. The summed E-state index contributed by atoms with van der Waals surface area (Å²) in [5, 5.41) is 8.27. The highest BCUT2D eigenvalue weighted by Crippen LogP contribution is 2.15. The minimum atomic E-state index is -0.198. The first-order chi connectivity index (χ1) is 11.8. The van der Waals surface area contributed by atoms with Gasteiger partial charge in [-0.05, 0) is 49.5 Å². The maximum absolute atomic E-state index is 11.9. The highest BCUT2D eigenvalue weighted by Gasteiger charge is 2.05. The van der Waals surface area contributed by atoms with Gasteiger partial charge in [-0.15, -0.1) is 0 Å². The van der Waals surface area contributed by atoms with E-state index in [0.717, 1.165) is 22.5 Å². The number of carbonyl (C=O) groups is 1. The van der Waals surface area contributed by atoms with Crippen LogP contribution in [0.15, 0.2) is 41.0 Å². The third-order valence-electron chi connectivity index (χ3n) is 3.85. The molecule has 0 aliphatic rings. The second-order valence-corrected chi connectivity index (χ2v) is 6.59. The molecule has 0 aliphatic carbocycles. The summed E-state index contributed by atoms with van der Waals surface area (Å²) in [5.41, 5.74) is 7.79. The molecule has 2 aromatic rings. The molecule has 0 saturated heterocycles. The SMILES string of the molecule is C/C(C=NNC(=O)Cn1nc(C)cc1C)=C/c1ccc(C(C)C)cc1. The molecule has 1 aromatic carbocycles. The smallest absolute Gasteiger partial charge is 0.261 e. The minimum Gasteiger partial charge on any atom is -0.271 e. The second-order valence-electron chi connectivity index (χ2n) is 6.59. The Kier molecular flexibility index (Phi) is 6.28. The van der Waals surface area contributed by atoms with Crippen LogP contribution < -0.4 is 5.43 Å². The lowest BCUT2D eigenvalue weighted by Crippen LogP contribution is -2.24. The van der Waals surface area contributed by atoms with Gasteiger partial charge in [0.1, 0.15) is 6.54 Å². The van der Waals surface area contributed by atoms with E-state index in [4.69, 9.17) is 0 Å². The quantitative estimate of drug-likeness (QED) is 0.643. The van der Waals surface area contributed by atoms with Crippen LogP contribution in [0.5, 0.6) is 0 Å². The van der Waals surface area contributed by atoms with Gasteiger partial charge in [-0.2, -0.15) is 10.2 Å². The Hall–Kier alpha value is -2.69. The van der Waals surface area contributed by atoms with Crippen molar-refractivity contribution in [2.45, 2.75) is 47.1 Å². The predicted molar refractivity (Wildman–Crippen MR) is 103 cm³/mol. The fourth-order valence-electron chi connectivity index (χ4n) is 2.49. The van der Waals surface area contributed by atoms with E-state index < -0.39 is 0 Å². The summed E-state index contributed by atoms with van der Waals surface area (Å²) in [7, 11) is 0. The van der Waals surface area contributed by atoms with Gasteiger partial charge in [0.25, 0.3) is 5.91 Å². The van der Waals surface area contributed by atoms with E-state index in [0.29, 0.717) is 5.92 Å². The van der Waals surface area contributed by atoms with E-state index in [1.807, 2.05) is 32.9 Å². The van der Waals surface area contributed by atoms with Crippen molar-refractivity contribution in [2.75, 3.05) is 0 Å². The number of rotatable bonds is 6. The Bertz CT molecular complexity index is 783. The van der Waals surface area contributed by atoms with Gasteiger partial charge in [0, 0.05) is 5.69 Å². The molecular weight excluding hydrogens is 312 g/mol. The summed E-state index contributed by atoms with van der Waals surface area (Å²) in [6.45, 7) is 10.3. The molecule has 0 saturated carbocycles. The molecule has 0 spiro atoms. The average Bonchev–Trinajstić information content (AvgIpc) is 2.85. The number of amides is 1. The summed E-state index contributed by atoms with van der Waals surface area (Å²) in [5.74, 6) is 0.328. The van der Waals surface area contributed by atoms with Crippen LogP contribution in [0.3, 0.4) is 0 Å². The van der Waals surface area contributed by atoms with Crippen LogP contribution in [0.4, 0.5) is 0 Å². The van der Waals surface area contributed by atoms with Crippen molar-refractivity contribution in [1.29, 1.82) is 0 Å². The van der Waals surface area contributed by atoms with E-state index in [9.17, 15) is 4.79 Å². The number of benzene rings is 1. The summed E-state index contributed by atoms with van der Waals surface area (Å²) in [6, 6.07) is 10.4. The molecule has 2 rings (SSSR count). The van der Waals surface area contributed by atoms with Gasteiger partial charge < -0.3 is 0 Å². The van der Waals surface area contributed by atoms with Crippen molar-refractivity contribution in [1.82, 2.24) is 15.2 Å². The first-order valence-corrected chi connectivity index (χ1v) is 8.46. The molecule has 0 aliphatic heterocycles. The van der Waals surface area contributed by atoms with Crippen molar-refractivity contribution >= 4 is 18.2 Å². The number of nitrogens with zero attached hydrogens (tertiary/aromatic N) is 3. The van der Waals surface area contributed by atoms with Gasteiger partial charge in [0.2, 0.25) is 0 Å². The van der Waals surface area contributed by atoms with Crippen LogP contribution in [0.2, 0.25) is 0 Å². The third-order valence-corrected chi connectivity index (χ3v) is 3.85. The summed E-state index contributed by atoms with van der Waals surface area (Å²) < 4.78 is 1.67. The Morgan fingerprint density at radius 3 is 2.52 bits per heavy atom. The van der Waals surface area contributed by atoms with E-state index >= 15 is 0 Å². The van der Waals surface area contributed by atoms with E-state index in [1.165, 1.54) is 5.56 Å². The number of hydrogen-bond donors (Lipinski definition) is 1. The average molecular weight is 338 g/mol. The van der Waals surface area contributed by atoms with Crippen LogP contribution in [0.25, 0.3) is 6.08 Å². The van der Waals surface area contributed by atoms with Crippen molar-refractivity contribution in [3.05, 3.63) is 58.4 Å². The number of aromatic nitrogens is 2. The number of aryl methyl sites for hydroxylation is 2. The van der Waals surface area contributed by atoms with Crippen molar-refractivity contribution in [3.8, 4) is 0 Å². The summed E-state index contributed by atoms with van der Waals surface area (Å²) >= 11 is 0. The highest BCUT2D eigenvalue weighted by molar-refractivity contribution is 5.86. The maximum atomic E-state index is 11.9. The lowest BCUT2D eigenvalue weighted by atomic mass is 10.0. The number of carbonyl (C=O) groups excluding carboxylic acids is 1. The molecule has 1 N–H and O–H groups in total. The van der Waals surface area contributed by atoms with Gasteiger partial charge in [0.15, 0.2) is 0 Å². The molecule has 1 aromatic heterocycles. The molecule has 0 radical (unpaired) electrons. The predicted octanol–water partition coefficient (Wildman–Crippen LogP) is 3.83. The van der Waals surface area contributed by atoms with Crippen LogP contribution in [-0.4, -0.2) is 21.9 Å². The Morgan fingerprint density at radius 2 is 1.96 bits per heavy atom. The Labute approximate surface area is 149 Å². The standard InChI is InChI=1S/C20H26N4O/c1-14(2)19-8-6-18(7-9-19)10-15(3)12-21-22-20(25)13-24-17(5)11-16(4)23-24/h6-12,14H,13H2,1-5H3,(H,22,25)/b15-10-,21-12?. The zero-order valence-corrected chi connectivity index (χ0v) is 15.6. The van der Waals surface area contributed by atoms with E-state index in [1.54, 1.807) is 10.9 Å². The largest absolute Gasteiger partial charge is 0.271 e. The fourth-order valence-corrected chi connectivity index (χ4v) is 2.49. The van der Waals surface area contributed by atoms with Gasteiger partial charge in [-0.3, -0.25) is 9.48 Å². The van der Waals surface area contributed by atoms with Crippen LogP contribution >= 0.6 is 0 Å². The molecule has 25 heavy (non-hydrogen) atoms. The molecule has 5 nitrogen and oxygen atoms in total. The van der Waals surface area contributed by atoms with Crippen molar-refractivity contribution < 1.29 is 4.79 Å². The molecule has 0 bridgehead atoms. The van der Waals surface area contributed by atoms with Gasteiger partial charge in [-0.1, -0.05) is 44.2 Å². The first kappa shape index (κ1) is 18.6. The van der Waals surface area contributed by atoms with Crippen LogP contribution in [0.1, 0.15) is 49.2 Å². The van der Waals surface area contributed by atoms with Crippen LogP contribution in [-0.2, 0) is 11.3 Å². The fraction of sp³-hybridized carbons (Fsp3) is 0.350. The lowest BCUT2D eigenvalue weighted by Gasteiger charge is -2.05. The highest BCUT2D eigenvalue weighted by atomic mass is 16.2. The number of hydrazone groups is 1. The number of hydrogen-bond acceptors (Lipinski definition) is 3. The van der Waals surface area contributed by atoms with Crippen molar-refractivity contribution in [2.24, 2.45) is 5.10 Å². The number of nitrogens with one attached hydrogen (secondary N) is 1. The molecule has 1 amide bonds. The first-order valence-electron chi connectivity index (χ1n) is 8.46. The summed E-state index contributed by atoms with van der Waals surface area (Å²) in [6.07, 6.45) is 3.68. The molecule has 132 valence electrons. The summed E-state index contributed by atoms with van der Waals surface area (Å²) in [4.78, 5) is 11.9. The van der Waals surface area contributed by atoms with Gasteiger partial charge in [-0.25, -0.2) is 5.43 Å².